The fourth-order valence-corrected chi connectivity index (χ4v) is 12.8. The van der Waals surface area contributed by atoms with Crippen molar-refractivity contribution in [2.75, 3.05) is 39.6 Å². The van der Waals surface area contributed by atoms with Crippen LogP contribution in [0.15, 0.2) is 0 Å². The predicted molar refractivity (Wildman–Crippen MR) is 372 cm³/mol. The molecule has 0 aromatic heterocycles. The average molecular weight is 1350 g/mol. The van der Waals surface area contributed by atoms with Crippen molar-refractivity contribution in [1.82, 2.24) is 0 Å². The summed E-state index contributed by atoms with van der Waals surface area (Å²) in [4.78, 5) is 72.6. The van der Waals surface area contributed by atoms with Gasteiger partial charge in [0.1, 0.15) is 19.3 Å². The number of aliphatic hydroxyl groups excluding tert-OH is 1. The molecule has 0 radical (unpaired) electrons. The van der Waals surface area contributed by atoms with Crippen LogP contribution >= 0.6 is 15.6 Å². The molecule has 0 aliphatic heterocycles. The Hall–Kier alpha value is -1.94. The topological polar surface area (TPSA) is 237 Å². The molecule has 0 heterocycles. The molecule has 3 N–H and O–H groups in total. The van der Waals surface area contributed by atoms with Crippen molar-refractivity contribution in [3.63, 3.8) is 0 Å². The van der Waals surface area contributed by atoms with Gasteiger partial charge in [0.05, 0.1) is 26.4 Å². The molecule has 0 saturated carbocycles. The van der Waals surface area contributed by atoms with E-state index in [0.717, 1.165) is 95.8 Å². The minimum atomic E-state index is -4.95. The maximum atomic E-state index is 13.1. The Kier molecular flexibility index (Phi) is 64.9. The normalized spacial score (nSPS) is 14.0. The Balaban J connectivity index is 5.19. The van der Waals surface area contributed by atoms with E-state index in [2.05, 4.69) is 34.6 Å². The number of carbonyl (C=O) groups is 4. The number of unbranched alkanes of at least 4 members (excludes halogenated alkanes) is 45. The molecule has 0 aromatic carbocycles. The molecule has 17 nitrogen and oxygen atoms in total. The summed E-state index contributed by atoms with van der Waals surface area (Å²) in [7, 11) is -9.90. The van der Waals surface area contributed by atoms with Crippen LogP contribution in [0.25, 0.3) is 0 Å². The van der Waals surface area contributed by atoms with Crippen LogP contribution in [0.2, 0.25) is 0 Å². The second-order valence-electron chi connectivity index (χ2n) is 26.8. The SMILES string of the molecule is CCCCCCCCCCCCCCCCCCCCC(=O)O[C@H](COC(=O)CCCCCCCCCCCCCCCC(C)C)COP(=O)(O)OC[C@@H](O)COP(=O)(O)OC[C@@H](COC(=O)CCCCCCCCCCC)OC(=O)CCCCCCCCCCC. The summed E-state index contributed by atoms with van der Waals surface area (Å²) in [6, 6.07) is 0. The fourth-order valence-electron chi connectivity index (χ4n) is 11.2. The number of rotatable bonds is 73. The number of carbonyl (C=O) groups excluding carboxylic acids is 4. The number of ether oxygens (including phenoxy) is 4. The zero-order valence-electron chi connectivity index (χ0n) is 59.7. The van der Waals surface area contributed by atoms with E-state index in [9.17, 15) is 43.2 Å². The Labute approximate surface area is 562 Å². The van der Waals surface area contributed by atoms with Crippen LogP contribution in [0.1, 0.15) is 381 Å². The Morgan fingerprint density at radius 3 is 0.739 bits per heavy atom. The van der Waals surface area contributed by atoms with Crippen LogP contribution in [0.3, 0.4) is 0 Å². The lowest BCUT2D eigenvalue weighted by Crippen LogP contribution is -2.30. The number of phosphoric acid groups is 2. The van der Waals surface area contributed by atoms with Crippen LogP contribution in [-0.2, 0) is 65.4 Å². The Bertz CT molecular complexity index is 1770. The van der Waals surface area contributed by atoms with Crippen LogP contribution in [0, 0.1) is 5.92 Å². The molecule has 19 heteroatoms. The van der Waals surface area contributed by atoms with Crippen LogP contribution in [0.5, 0.6) is 0 Å². The summed E-state index contributed by atoms with van der Waals surface area (Å²) in [5, 5.41) is 10.6. The monoisotopic (exact) mass is 1350 g/mol. The zero-order valence-corrected chi connectivity index (χ0v) is 61.5. The minimum absolute atomic E-state index is 0.106. The molecule has 0 spiro atoms. The van der Waals surface area contributed by atoms with Crippen LogP contribution < -0.4 is 0 Å². The van der Waals surface area contributed by atoms with Gasteiger partial charge in [0, 0.05) is 25.7 Å². The van der Waals surface area contributed by atoms with Gasteiger partial charge in [-0.3, -0.25) is 37.3 Å². The van der Waals surface area contributed by atoms with Crippen LogP contribution in [-0.4, -0.2) is 96.7 Å². The summed E-state index contributed by atoms with van der Waals surface area (Å²) in [5.41, 5.74) is 0. The molecule has 0 rings (SSSR count). The first-order chi connectivity index (χ1) is 44.5. The molecule has 0 amide bonds. The molecular formula is C73H142O17P2. The van der Waals surface area contributed by atoms with Gasteiger partial charge >= 0.3 is 39.5 Å². The zero-order chi connectivity index (χ0) is 67.7. The van der Waals surface area contributed by atoms with E-state index in [1.54, 1.807) is 0 Å². The van der Waals surface area contributed by atoms with Gasteiger partial charge < -0.3 is 33.8 Å². The number of phosphoric ester groups is 2. The Morgan fingerprint density at radius 1 is 0.293 bits per heavy atom. The lowest BCUT2D eigenvalue weighted by atomic mass is 10.0. The molecule has 0 fully saturated rings. The predicted octanol–water partition coefficient (Wildman–Crippen LogP) is 21.3. The van der Waals surface area contributed by atoms with Gasteiger partial charge in [-0.05, 0) is 31.6 Å². The fraction of sp³-hybridized carbons (Fsp3) is 0.945. The smallest absolute Gasteiger partial charge is 0.462 e. The number of esters is 4. The standard InChI is InChI=1S/C73H142O17P2/c1-6-9-12-15-18-21-22-23-24-25-26-27-30-34-39-44-49-54-59-73(78)90-69(63-84-71(76)57-52-47-42-38-33-31-28-29-32-37-40-45-50-55-66(4)5)65-88-92(81,82)86-61-67(74)60-85-91(79,80)87-64-68(89-72(77)58-53-48-43-36-20-17-14-11-8-3)62-83-70(75)56-51-46-41-35-19-16-13-10-7-2/h66-69,74H,6-65H2,1-5H3,(H,79,80)(H,81,82)/t67-,68+,69+/m0/s1. The van der Waals surface area contributed by atoms with Gasteiger partial charge in [-0.25, -0.2) is 9.13 Å². The maximum Gasteiger partial charge on any atom is 0.472 e. The van der Waals surface area contributed by atoms with E-state index in [4.69, 9.17) is 37.0 Å². The second kappa shape index (κ2) is 66.3. The van der Waals surface area contributed by atoms with Gasteiger partial charge in [0.25, 0.3) is 0 Å². The maximum absolute atomic E-state index is 13.1. The molecule has 0 saturated heterocycles. The van der Waals surface area contributed by atoms with E-state index < -0.39 is 97.5 Å². The molecule has 0 aliphatic rings. The summed E-state index contributed by atoms with van der Waals surface area (Å²) < 4.78 is 68.3. The summed E-state index contributed by atoms with van der Waals surface area (Å²) in [6.45, 7) is 7.26. The summed E-state index contributed by atoms with van der Waals surface area (Å²) >= 11 is 0. The minimum Gasteiger partial charge on any atom is -0.462 e. The Morgan fingerprint density at radius 2 is 0.500 bits per heavy atom. The number of aliphatic hydroxyl groups is 1. The van der Waals surface area contributed by atoms with Crippen molar-refractivity contribution in [2.24, 2.45) is 5.92 Å². The summed E-state index contributed by atoms with van der Waals surface area (Å²) in [5.74, 6) is -1.33. The van der Waals surface area contributed by atoms with Gasteiger partial charge in [0.2, 0.25) is 0 Å². The number of hydrogen-bond acceptors (Lipinski definition) is 15. The van der Waals surface area contributed by atoms with Crippen molar-refractivity contribution in [1.29, 1.82) is 0 Å². The quantitative estimate of drug-likeness (QED) is 0.0222. The average Bonchev–Trinajstić information content (AvgIpc) is 3.40. The van der Waals surface area contributed by atoms with Gasteiger partial charge in [-0.1, -0.05) is 330 Å². The third-order valence-corrected chi connectivity index (χ3v) is 18.9. The van der Waals surface area contributed by atoms with Crippen LogP contribution in [0.4, 0.5) is 0 Å². The third kappa shape index (κ3) is 66.7. The highest BCUT2D eigenvalue weighted by molar-refractivity contribution is 7.47. The third-order valence-electron chi connectivity index (χ3n) is 17.0. The van der Waals surface area contributed by atoms with Crippen molar-refractivity contribution < 1.29 is 80.2 Å². The highest BCUT2D eigenvalue weighted by Crippen LogP contribution is 2.45. The van der Waals surface area contributed by atoms with E-state index in [-0.39, 0.29) is 25.7 Å². The van der Waals surface area contributed by atoms with Crippen molar-refractivity contribution in [2.45, 2.75) is 400 Å². The molecule has 92 heavy (non-hydrogen) atoms. The molecular weight excluding hydrogens is 1210 g/mol. The molecule has 0 aliphatic carbocycles. The van der Waals surface area contributed by atoms with Crippen molar-refractivity contribution in [3.8, 4) is 0 Å². The number of hydrogen-bond donors (Lipinski definition) is 3. The second-order valence-corrected chi connectivity index (χ2v) is 29.7. The first kappa shape index (κ1) is 90.1. The molecule has 546 valence electrons. The van der Waals surface area contributed by atoms with Crippen molar-refractivity contribution in [3.05, 3.63) is 0 Å². The lowest BCUT2D eigenvalue weighted by molar-refractivity contribution is -0.161. The van der Waals surface area contributed by atoms with Crippen molar-refractivity contribution >= 4 is 39.5 Å². The largest absolute Gasteiger partial charge is 0.472 e. The van der Waals surface area contributed by atoms with Gasteiger partial charge in [-0.15, -0.1) is 0 Å². The molecule has 0 bridgehead atoms. The first-order valence-electron chi connectivity index (χ1n) is 38.1. The highest BCUT2D eigenvalue weighted by Gasteiger charge is 2.30. The van der Waals surface area contributed by atoms with Gasteiger partial charge in [-0.2, -0.15) is 0 Å². The molecule has 2 unspecified atom stereocenters. The van der Waals surface area contributed by atoms with Gasteiger partial charge in [0.15, 0.2) is 12.2 Å². The van der Waals surface area contributed by atoms with E-state index in [1.807, 2.05) is 0 Å². The van der Waals surface area contributed by atoms with E-state index in [0.29, 0.717) is 25.7 Å². The first-order valence-corrected chi connectivity index (χ1v) is 41.1. The summed E-state index contributed by atoms with van der Waals surface area (Å²) in [6.07, 6.45) is 54.1. The van der Waals surface area contributed by atoms with E-state index in [1.165, 1.54) is 205 Å². The molecule has 5 atom stereocenters. The lowest BCUT2D eigenvalue weighted by Gasteiger charge is -2.21. The molecule has 0 aromatic rings. The highest BCUT2D eigenvalue weighted by atomic mass is 31.2. The van der Waals surface area contributed by atoms with E-state index >= 15 is 0 Å².